The fraction of sp³-hybridized carbons (Fsp3) is 0.250. The van der Waals surface area contributed by atoms with Crippen LogP contribution in [0.1, 0.15) is 0 Å². The van der Waals surface area contributed by atoms with Crippen LogP contribution in [0.15, 0.2) is 22.7 Å². The van der Waals surface area contributed by atoms with Crippen LogP contribution in [0.5, 0.6) is 5.75 Å². The third kappa shape index (κ3) is 4.91. The molecule has 0 aliphatic rings. The standard InChI is InChI=1S/C8H6BrClF3NO3S/c9-6-3-5(14-18(15,16)4-10)1-2-7(6)17-8(11,12)13/h1-3,14H,4H2. The van der Waals surface area contributed by atoms with Gasteiger partial charge in [-0.1, -0.05) is 0 Å². The normalized spacial score (nSPS) is 12.3. The molecule has 1 N–H and O–H groups in total. The molecule has 0 heterocycles. The van der Waals surface area contributed by atoms with Crippen molar-refractivity contribution >= 4 is 43.2 Å². The van der Waals surface area contributed by atoms with Crippen LogP contribution in [0, 0.1) is 0 Å². The zero-order chi connectivity index (χ0) is 14.0. The summed E-state index contributed by atoms with van der Waals surface area (Å²) >= 11 is 8.00. The van der Waals surface area contributed by atoms with E-state index in [2.05, 4.69) is 25.4 Å². The van der Waals surface area contributed by atoms with Gasteiger partial charge in [-0.2, -0.15) is 0 Å². The molecule has 1 rings (SSSR count). The molecular formula is C8H6BrClF3NO3S. The molecule has 18 heavy (non-hydrogen) atoms. The van der Waals surface area contributed by atoms with E-state index in [0.29, 0.717) is 0 Å². The van der Waals surface area contributed by atoms with Crippen LogP contribution in [0.3, 0.4) is 0 Å². The van der Waals surface area contributed by atoms with Gasteiger partial charge in [-0.15, -0.1) is 24.8 Å². The first-order chi connectivity index (χ1) is 8.13. The molecule has 0 aliphatic carbocycles. The quantitative estimate of drug-likeness (QED) is 0.830. The van der Waals surface area contributed by atoms with Gasteiger partial charge in [0, 0.05) is 5.69 Å². The van der Waals surface area contributed by atoms with Gasteiger partial charge in [0.05, 0.1) is 4.47 Å². The predicted octanol–water partition coefficient (Wildman–Crippen LogP) is 3.29. The molecule has 0 radical (unpaired) electrons. The maximum Gasteiger partial charge on any atom is 0.573 e. The van der Waals surface area contributed by atoms with Crippen molar-refractivity contribution in [2.45, 2.75) is 6.36 Å². The van der Waals surface area contributed by atoms with Crippen LogP contribution in [-0.4, -0.2) is 20.0 Å². The average molecular weight is 369 g/mol. The maximum absolute atomic E-state index is 12.0. The second-order valence-corrected chi connectivity index (χ2v) is 6.18. The zero-order valence-corrected chi connectivity index (χ0v) is 11.6. The van der Waals surface area contributed by atoms with Crippen molar-refractivity contribution in [3.8, 4) is 5.75 Å². The SMILES string of the molecule is O=S(=O)(CCl)Nc1ccc(OC(F)(F)F)c(Br)c1. The number of sulfonamides is 1. The second-order valence-electron chi connectivity index (χ2n) is 3.02. The van der Waals surface area contributed by atoms with Gasteiger partial charge in [0.15, 0.2) is 0 Å². The summed E-state index contributed by atoms with van der Waals surface area (Å²) in [5.41, 5.74) is 0.0667. The lowest BCUT2D eigenvalue weighted by Crippen LogP contribution is -2.17. The lowest BCUT2D eigenvalue weighted by molar-refractivity contribution is -0.274. The molecule has 0 saturated heterocycles. The molecule has 0 amide bonds. The summed E-state index contributed by atoms with van der Waals surface area (Å²) in [5.74, 6) is -0.476. The Balaban J connectivity index is 2.93. The van der Waals surface area contributed by atoms with E-state index in [9.17, 15) is 21.6 Å². The zero-order valence-electron chi connectivity index (χ0n) is 8.46. The van der Waals surface area contributed by atoms with E-state index < -0.39 is 27.3 Å². The van der Waals surface area contributed by atoms with Crippen molar-refractivity contribution in [2.75, 3.05) is 9.93 Å². The summed E-state index contributed by atoms with van der Waals surface area (Å²) in [5, 5.41) is -0.661. The summed E-state index contributed by atoms with van der Waals surface area (Å²) in [6.07, 6.45) is -4.82. The molecule has 0 spiro atoms. The highest BCUT2D eigenvalue weighted by Crippen LogP contribution is 2.32. The number of nitrogens with one attached hydrogen (secondary N) is 1. The van der Waals surface area contributed by atoms with Crippen molar-refractivity contribution in [3.63, 3.8) is 0 Å². The van der Waals surface area contributed by atoms with Crippen LogP contribution in [0.4, 0.5) is 18.9 Å². The summed E-state index contributed by atoms with van der Waals surface area (Å²) < 4.78 is 63.9. The largest absolute Gasteiger partial charge is 0.573 e. The number of alkyl halides is 4. The van der Waals surface area contributed by atoms with E-state index in [0.717, 1.165) is 18.2 Å². The smallest absolute Gasteiger partial charge is 0.405 e. The van der Waals surface area contributed by atoms with E-state index in [1.54, 1.807) is 0 Å². The van der Waals surface area contributed by atoms with Crippen LogP contribution in [0.2, 0.25) is 0 Å². The van der Waals surface area contributed by atoms with Gasteiger partial charge in [-0.25, -0.2) is 8.42 Å². The minimum Gasteiger partial charge on any atom is -0.405 e. The van der Waals surface area contributed by atoms with E-state index in [1.165, 1.54) is 0 Å². The van der Waals surface area contributed by atoms with Crippen molar-refractivity contribution in [1.82, 2.24) is 0 Å². The fourth-order valence-corrected chi connectivity index (χ4v) is 2.14. The summed E-state index contributed by atoms with van der Waals surface area (Å²) in [6.45, 7) is 0. The number of rotatable bonds is 4. The number of hydrogen-bond acceptors (Lipinski definition) is 3. The number of hydrogen-bond donors (Lipinski definition) is 1. The Morgan fingerprint density at radius 2 is 2.00 bits per heavy atom. The Morgan fingerprint density at radius 3 is 2.44 bits per heavy atom. The minimum atomic E-state index is -4.82. The molecule has 0 aromatic heterocycles. The first-order valence-electron chi connectivity index (χ1n) is 4.25. The van der Waals surface area contributed by atoms with Crippen LogP contribution >= 0.6 is 27.5 Å². The molecule has 0 bridgehead atoms. The first kappa shape index (κ1) is 15.4. The third-order valence-corrected chi connectivity index (χ3v) is 3.89. The predicted molar refractivity (Wildman–Crippen MR) is 64.1 cm³/mol. The Labute approximate surface area is 114 Å². The minimum absolute atomic E-state index is 0.0467. The van der Waals surface area contributed by atoms with Gasteiger partial charge in [-0.05, 0) is 34.1 Å². The van der Waals surface area contributed by atoms with E-state index in [1.807, 2.05) is 0 Å². The number of halogens is 5. The van der Waals surface area contributed by atoms with Crippen LogP contribution in [-0.2, 0) is 10.0 Å². The van der Waals surface area contributed by atoms with Crippen molar-refractivity contribution in [1.29, 1.82) is 0 Å². The molecule has 0 atom stereocenters. The molecular weight excluding hydrogens is 363 g/mol. The summed E-state index contributed by atoms with van der Waals surface area (Å²) in [6, 6.07) is 3.23. The van der Waals surface area contributed by atoms with Crippen molar-refractivity contribution in [2.24, 2.45) is 0 Å². The van der Waals surface area contributed by atoms with Gasteiger partial charge < -0.3 is 4.74 Å². The summed E-state index contributed by atoms with van der Waals surface area (Å²) in [7, 11) is -3.71. The molecule has 1 aromatic carbocycles. The molecule has 0 aliphatic heterocycles. The Morgan fingerprint density at radius 1 is 1.39 bits per heavy atom. The van der Waals surface area contributed by atoms with Gasteiger partial charge in [0.1, 0.15) is 11.0 Å². The van der Waals surface area contributed by atoms with E-state index in [-0.39, 0.29) is 10.2 Å². The molecule has 1 aromatic rings. The molecule has 4 nitrogen and oxygen atoms in total. The van der Waals surface area contributed by atoms with Gasteiger partial charge in [0.2, 0.25) is 10.0 Å². The molecule has 0 unspecified atom stereocenters. The van der Waals surface area contributed by atoms with Gasteiger partial charge in [-0.3, -0.25) is 4.72 Å². The highest BCUT2D eigenvalue weighted by atomic mass is 79.9. The maximum atomic E-state index is 12.0. The van der Waals surface area contributed by atoms with Crippen molar-refractivity contribution in [3.05, 3.63) is 22.7 Å². The Bertz CT molecular complexity index is 535. The molecule has 102 valence electrons. The monoisotopic (exact) mass is 367 g/mol. The van der Waals surface area contributed by atoms with Crippen LogP contribution in [0.25, 0.3) is 0 Å². The Hall–Kier alpha value is -0.670. The van der Waals surface area contributed by atoms with Crippen molar-refractivity contribution < 1.29 is 26.3 Å². The second kappa shape index (κ2) is 5.54. The Kier molecular flexibility index (Phi) is 4.73. The third-order valence-electron chi connectivity index (χ3n) is 1.57. The summed E-state index contributed by atoms with van der Waals surface area (Å²) in [4.78, 5) is 0. The lowest BCUT2D eigenvalue weighted by Gasteiger charge is -2.12. The van der Waals surface area contributed by atoms with E-state index in [4.69, 9.17) is 11.6 Å². The topological polar surface area (TPSA) is 55.4 Å². The highest BCUT2D eigenvalue weighted by molar-refractivity contribution is 9.10. The average Bonchev–Trinajstić information content (AvgIpc) is 2.20. The number of ether oxygens (including phenoxy) is 1. The number of benzene rings is 1. The molecule has 0 fully saturated rings. The lowest BCUT2D eigenvalue weighted by atomic mass is 10.3. The number of anilines is 1. The van der Waals surface area contributed by atoms with Gasteiger partial charge in [0.25, 0.3) is 0 Å². The fourth-order valence-electron chi connectivity index (χ4n) is 0.979. The molecule has 0 saturated carbocycles. The molecule has 10 heteroatoms. The van der Waals surface area contributed by atoms with E-state index >= 15 is 0 Å². The first-order valence-corrected chi connectivity index (χ1v) is 7.23. The van der Waals surface area contributed by atoms with Crippen LogP contribution < -0.4 is 9.46 Å². The highest BCUT2D eigenvalue weighted by Gasteiger charge is 2.32. The van der Waals surface area contributed by atoms with Gasteiger partial charge >= 0.3 is 6.36 Å².